The van der Waals surface area contributed by atoms with Crippen molar-refractivity contribution in [1.29, 1.82) is 0 Å². The molecule has 1 rings (SSSR count). The molecule has 2 amide bonds. The molecule has 0 aromatic heterocycles. The maximum atomic E-state index is 12.3. The summed E-state index contributed by atoms with van der Waals surface area (Å²) in [6.45, 7) is 9.32. The zero-order valence-corrected chi connectivity index (χ0v) is 12.8. The van der Waals surface area contributed by atoms with E-state index in [-0.39, 0.29) is 18.4 Å². The normalized spacial score (nSPS) is 23.5. The summed E-state index contributed by atoms with van der Waals surface area (Å²) in [4.78, 5) is 36.7. The van der Waals surface area contributed by atoms with Crippen molar-refractivity contribution in [2.45, 2.75) is 58.7 Å². The molecule has 6 nitrogen and oxygen atoms in total. The van der Waals surface area contributed by atoms with Crippen LogP contribution >= 0.6 is 0 Å². The van der Waals surface area contributed by atoms with Crippen LogP contribution in [0.4, 0.5) is 4.79 Å². The van der Waals surface area contributed by atoms with Crippen LogP contribution in [0.3, 0.4) is 0 Å². The van der Waals surface area contributed by atoms with Crippen LogP contribution in [0, 0.1) is 5.92 Å². The number of nitrogens with zero attached hydrogens (tertiary/aromatic N) is 1. The summed E-state index contributed by atoms with van der Waals surface area (Å²) in [5.41, 5.74) is -0.666. The largest absolute Gasteiger partial charge is 0.444 e. The predicted molar refractivity (Wildman–Crippen MR) is 74.2 cm³/mol. The van der Waals surface area contributed by atoms with Crippen LogP contribution in [-0.2, 0) is 14.3 Å². The zero-order chi connectivity index (χ0) is 15.5. The molecule has 6 heteroatoms. The Labute approximate surface area is 119 Å². The third-order valence-corrected chi connectivity index (χ3v) is 2.94. The SMILES string of the molecule is CC(C)C[C@H]1C(=O)NC[C@H](C=O)N1C(=O)OC(C)(C)C. The van der Waals surface area contributed by atoms with Gasteiger partial charge in [-0.1, -0.05) is 13.8 Å². The Morgan fingerprint density at radius 2 is 2.10 bits per heavy atom. The van der Waals surface area contributed by atoms with Crippen LogP contribution in [-0.4, -0.2) is 47.4 Å². The first-order valence-electron chi connectivity index (χ1n) is 6.90. The van der Waals surface area contributed by atoms with Crippen LogP contribution in [0.1, 0.15) is 41.0 Å². The molecule has 0 bridgehead atoms. The highest BCUT2D eigenvalue weighted by Crippen LogP contribution is 2.21. The maximum absolute atomic E-state index is 12.3. The lowest BCUT2D eigenvalue weighted by molar-refractivity contribution is -0.133. The zero-order valence-electron chi connectivity index (χ0n) is 12.8. The number of hydrogen-bond donors (Lipinski definition) is 1. The Morgan fingerprint density at radius 3 is 2.55 bits per heavy atom. The van der Waals surface area contributed by atoms with Gasteiger partial charge in [-0.3, -0.25) is 9.69 Å². The molecule has 0 spiro atoms. The van der Waals surface area contributed by atoms with Gasteiger partial charge in [-0.25, -0.2) is 4.79 Å². The van der Waals surface area contributed by atoms with Gasteiger partial charge in [0, 0.05) is 6.54 Å². The van der Waals surface area contributed by atoms with Gasteiger partial charge in [-0.05, 0) is 33.1 Å². The number of ether oxygens (including phenoxy) is 1. The second-order valence-corrected chi connectivity index (χ2v) is 6.48. The van der Waals surface area contributed by atoms with Gasteiger partial charge >= 0.3 is 6.09 Å². The van der Waals surface area contributed by atoms with E-state index >= 15 is 0 Å². The minimum absolute atomic E-state index is 0.135. The molecule has 1 heterocycles. The minimum atomic E-state index is -0.675. The van der Waals surface area contributed by atoms with E-state index in [9.17, 15) is 14.4 Å². The van der Waals surface area contributed by atoms with Crippen LogP contribution in [0.2, 0.25) is 0 Å². The molecule has 0 unspecified atom stereocenters. The Hall–Kier alpha value is -1.59. The quantitative estimate of drug-likeness (QED) is 0.793. The van der Waals surface area contributed by atoms with Gasteiger partial charge in [-0.2, -0.15) is 0 Å². The molecule has 1 aliphatic heterocycles. The maximum Gasteiger partial charge on any atom is 0.411 e. The van der Waals surface area contributed by atoms with Crippen LogP contribution in [0.15, 0.2) is 0 Å². The average molecular weight is 284 g/mol. The number of hydrogen-bond acceptors (Lipinski definition) is 4. The molecule has 1 saturated heterocycles. The van der Waals surface area contributed by atoms with E-state index < -0.39 is 23.8 Å². The number of piperazine rings is 1. The standard InChI is InChI=1S/C14H24N2O4/c1-9(2)6-11-12(18)15-7-10(8-17)16(11)13(19)20-14(3,4)5/h8-11H,6-7H2,1-5H3,(H,15,18)/t10-,11+/m1/s1. The third kappa shape index (κ3) is 4.21. The van der Waals surface area contributed by atoms with Gasteiger partial charge < -0.3 is 14.8 Å². The smallest absolute Gasteiger partial charge is 0.411 e. The van der Waals surface area contributed by atoms with Gasteiger partial charge in [0.1, 0.15) is 24.0 Å². The summed E-state index contributed by atoms with van der Waals surface area (Å²) in [6.07, 6.45) is 0.557. The lowest BCUT2D eigenvalue weighted by Gasteiger charge is -2.40. The molecule has 0 aliphatic carbocycles. The molecule has 1 N–H and O–H groups in total. The van der Waals surface area contributed by atoms with Crippen molar-refractivity contribution in [3.8, 4) is 0 Å². The fourth-order valence-electron chi connectivity index (χ4n) is 2.14. The fraction of sp³-hybridized carbons (Fsp3) is 0.786. The van der Waals surface area contributed by atoms with Gasteiger partial charge in [0.2, 0.25) is 5.91 Å². The topological polar surface area (TPSA) is 75.7 Å². The highest BCUT2D eigenvalue weighted by molar-refractivity contribution is 5.89. The molecule has 0 saturated carbocycles. The molecule has 2 atom stereocenters. The van der Waals surface area contributed by atoms with Crippen molar-refractivity contribution in [1.82, 2.24) is 10.2 Å². The number of nitrogens with one attached hydrogen (secondary N) is 1. The lowest BCUT2D eigenvalue weighted by atomic mass is 9.98. The van der Waals surface area contributed by atoms with Gasteiger partial charge in [0.25, 0.3) is 0 Å². The molecule has 0 aromatic rings. The summed E-state index contributed by atoms with van der Waals surface area (Å²) in [5, 5.41) is 2.67. The van der Waals surface area contributed by atoms with Crippen LogP contribution < -0.4 is 5.32 Å². The lowest BCUT2D eigenvalue weighted by Crippen LogP contribution is -2.63. The summed E-state index contributed by atoms with van der Waals surface area (Å²) in [7, 11) is 0. The van der Waals surface area contributed by atoms with E-state index in [4.69, 9.17) is 4.74 Å². The summed E-state index contributed by atoms with van der Waals surface area (Å²) in [6, 6.07) is -1.33. The van der Waals surface area contributed by atoms with Gasteiger partial charge in [-0.15, -0.1) is 0 Å². The number of rotatable bonds is 3. The number of carbonyl (C=O) groups excluding carboxylic acids is 3. The molecule has 1 aliphatic rings. The number of amides is 2. The molecule has 114 valence electrons. The van der Waals surface area contributed by atoms with Gasteiger partial charge in [0.15, 0.2) is 0 Å². The van der Waals surface area contributed by atoms with E-state index in [1.165, 1.54) is 4.90 Å². The van der Waals surface area contributed by atoms with Crippen molar-refractivity contribution in [2.75, 3.05) is 6.54 Å². The van der Waals surface area contributed by atoms with E-state index in [1.54, 1.807) is 20.8 Å². The summed E-state index contributed by atoms with van der Waals surface area (Å²) < 4.78 is 5.32. The van der Waals surface area contributed by atoms with Crippen LogP contribution in [0.5, 0.6) is 0 Å². The second kappa shape index (κ2) is 6.24. The van der Waals surface area contributed by atoms with Crippen molar-refractivity contribution < 1.29 is 19.1 Å². The van der Waals surface area contributed by atoms with Gasteiger partial charge in [0.05, 0.1) is 0 Å². The van der Waals surface area contributed by atoms with Crippen molar-refractivity contribution in [3.63, 3.8) is 0 Å². The molecule has 0 aromatic carbocycles. The Morgan fingerprint density at radius 1 is 1.50 bits per heavy atom. The van der Waals surface area contributed by atoms with Crippen molar-refractivity contribution in [2.24, 2.45) is 5.92 Å². The van der Waals surface area contributed by atoms with E-state index in [2.05, 4.69) is 5.32 Å². The molecule has 0 radical (unpaired) electrons. The fourth-order valence-corrected chi connectivity index (χ4v) is 2.14. The number of carbonyl (C=O) groups is 3. The second-order valence-electron chi connectivity index (χ2n) is 6.48. The summed E-state index contributed by atoms with van der Waals surface area (Å²) in [5.74, 6) is -0.0104. The van der Waals surface area contributed by atoms with E-state index in [0.29, 0.717) is 12.7 Å². The first-order chi connectivity index (χ1) is 9.15. The highest BCUT2D eigenvalue weighted by atomic mass is 16.6. The van der Waals surface area contributed by atoms with Crippen molar-refractivity contribution in [3.05, 3.63) is 0 Å². The Balaban J connectivity index is 2.99. The average Bonchev–Trinajstić information content (AvgIpc) is 2.28. The molecular formula is C14H24N2O4. The number of aldehydes is 1. The predicted octanol–water partition coefficient (Wildman–Crippen LogP) is 1.34. The Kier molecular flexibility index (Phi) is 5.14. The monoisotopic (exact) mass is 284 g/mol. The first-order valence-corrected chi connectivity index (χ1v) is 6.90. The van der Waals surface area contributed by atoms with E-state index in [1.807, 2.05) is 13.8 Å². The first kappa shape index (κ1) is 16.5. The van der Waals surface area contributed by atoms with E-state index in [0.717, 1.165) is 0 Å². The Bertz CT molecular complexity index is 387. The molecule has 20 heavy (non-hydrogen) atoms. The highest BCUT2D eigenvalue weighted by Gasteiger charge is 2.41. The van der Waals surface area contributed by atoms with Crippen molar-refractivity contribution >= 4 is 18.3 Å². The summed E-state index contributed by atoms with van der Waals surface area (Å²) >= 11 is 0. The molecular weight excluding hydrogens is 260 g/mol. The minimum Gasteiger partial charge on any atom is -0.444 e. The molecule has 1 fully saturated rings. The van der Waals surface area contributed by atoms with Crippen LogP contribution in [0.25, 0.3) is 0 Å². The third-order valence-electron chi connectivity index (χ3n) is 2.94.